The number of amides is 2. The van der Waals surface area contributed by atoms with E-state index in [1.165, 1.54) is 0 Å². The fourth-order valence-electron chi connectivity index (χ4n) is 2.56. The topological polar surface area (TPSA) is 79.9 Å². The number of likely N-dealkylation sites (N-methyl/N-ethyl adjacent to an activating group) is 1. The molecular formula is C18H27N3O4. The number of hydrogen-bond donors (Lipinski definition) is 2. The monoisotopic (exact) mass is 349 g/mol. The summed E-state index contributed by atoms with van der Waals surface area (Å²) in [6.45, 7) is 8.21. The third kappa shape index (κ3) is 5.94. The van der Waals surface area contributed by atoms with Crippen LogP contribution in [0.25, 0.3) is 0 Å². The Morgan fingerprint density at radius 1 is 1.16 bits per heavy atom. The van der Waals surface area contributed by atoms with Crippen LogP contribution in [0.4, 0.5) is 0 Å². The van der Waals surface area contributed by atoms with Crippen molar-refractivity contribution in [3.05, 3.63) is 23.8 Å². The minimum Gasteiger partial charge on any atom is -0.454 e. The lowest BCUT2D eigenvalue weighted by molar-refractivity contribution is -0.125. The molecule has 25 heavy (non-hydrogen) atoms. The van der Waals surface area contributed by atoms with Gasteiger partial charge in [-0.2, -0.15) is 0 Å². The highest BCUT2D eigenvalue weighted by Gasteiger charge is 2.19. The summed E-state index contributed by atoms with van der Waals surface area (Å²) in [5.41, 5.74) is 0.652. The summed E-state index contributed by atoms with van der Waals surface area (Å²) in [6, 6.07) is 5.44. The van der Waals surface area contributed by atoms with Crippen LogP contribution in [-0.2, 0) is 9.59 Å². The van der Waals surface area contributed by atoms with Gasteiger partial charge in [-0.3, -0.25) is 14.5 Å². The summed E-state index contributed by atoms with van der Waals surface area (Å²) < 4.78 is 10.6. The molecule has 2 amide bonds. The summed E-state index contributed by atoms with van der Waals surface area (Å²) in [5, 5.41) is 5.81. The first-order chi connectivity index (χ1) is 11.6. The Hall–Kier alpha value is -2.28. The van der Waals surface area contributed by atoms with E-state index in [1.807, 2.05) is 45.9 Å². The maximum Gasteiger partial charge on any atom is 0.234 e. The molecule has 138 valence electrons. The second-order valence-corrected chi connectivity index (χ2v) is 7.37. The van der Waals surface area contributed by atoms with Crippen LogP contribution in [0.15, 0.2) is 18.2 Å². The van der Waals surface area contributed by atoms with Gasteiger partial charge in [-0.05, 0) is 52.4 Å². The van der Waals surface area contributed by atoms with Crippen molar-refractivity contribution in [3.8, 4) is 11.5 Å². The predicted molar refractivity (Wildman–Crippen MR) is 94.5 cm³/mol. The van der Waals surface area contributed by atoms with E-state index < -0.39 is 0 Å². The molecule has 0 spiro atoms. The van der Waals surface area contributed by atoms with Crippen molar-refractivity contribution in [2.24, 2.45) is 0 Å². The Morgan fingerprint density at radius 3 is 2.48 bits per heavy atom. The van der Waals surface area contributed by atoms with Gasteiger partial charge in [0.2, 0.25) is 18.6 Å². The Labute approximate surface area is 148 Å². The van der Waals surface area contributed by atoms with Crippen LogP contribution in [-0.4, -0.2) is 49.2 Å². The molecule has 1 aliphatic heterocycles. The summed E-state index contributed by atoms with van der Waals surface area (Å²) in [7, 11) is 1.74. The highest BCUT2D eigenvalue weighted by Crippen LogP contribution is 2.34. The van der Waals surface area contributed by atoms with Crippen molar-refractivity contribution in [3.63, 3.8) is 0 Å². The average Bonchev–Trinajstić information content (AvgIpc) is 2.91. The van der Waals surface area contributed by atoms with E-state index in [-0.39, 0.29) is 43.3 Å². The molecule has 0 saturated heterocycles. The van der Waals surface area contributed by atoms with E-state index in [4.69, 9.17) is 9.47 Å². The molecule has 7 heteroatoms. The van der Waals surface area contributed by atoms with Gasteiger partial charge in [-0.15, -0.1) is 0 Å². The molecule has 7 nitrogen and oxygen atoms in total. The molecule has 2 N–H and O–H groups in total. The van der Waals surface area contributed by atoms with E-state index in [0.717, 1.165) is 5.56 Å². The molecule has 0 aromatic heterocycles. The van der Waals surface area contributed by atoms with Gasteiger partial charge in [0.25, 0.3) is 0 Å². The van der Waals surface area contributed by atoms with Crippen molar-refractivity contribution < 1.29 is 19.1 Å². The molecule has 1 atom stereocenters. The molecule has 1 heterocycles. The molecule has 0 fully saturated rings. The number of rotatable bonds is 6. The van der Waals surface area contributed by atoms with Gasteiger partial charge >= 0.3 is 0 Å². The lowest BCUT2D eigenvalue weighted by Crippen LogP contribution is -2.47. The van der Waals surface area contributed by atoms with Crippen molar-refractivity contribution in [1.82, 2.24) is 15.5 Å². The average molecular weight is 349 g/mol. The van der Waals surface area contributed by atoms with Crippen LogP contribution in [0.3, 0.4) is 0 Å². The maximum absolute atomic E-state index is 12.2. The van der Waals surface area contributed by atoms with E-state index >= 15 is 0 Å². The van der Waals surface area contributed by atoms with Gasteiger partial charge in [0.05, 0.1) is 19.1 Å². The number of fused-ring (bicyclic) bond motifs is 1. The van der Waals surface area contributed by atoms with Gasteiger partial charge in [0, 0.05) is 5.54 Å². The molecule has 1 aromatic rings. The number of hydrogen-bond acceptors (Lipinski definition) is 5. The standard InChI is InChI=1S/C18H27N3O4/c1-12(13-6-7-14-15(8-13)25-11-24-14)19-16(22)9-21(5)10-17(23)20-18(2,3)4/h6-8,12H,9-11H2,1-5H3,(H,19,22)(H,20,23)/t12-/m0/s1. The van der Waals surface area contributed by atoms with Gasteiger partial charge in [0.15, 0.2) is 11.5 Å². The lowest BCUT2D eigenvalue weighted by Gasteiger charge is -2.23. The van der Waals surface area contributed by atoms with E-state index in [1.54, 1.807) is 11.9 Å². The fourth-order valence-corrected chi connectivity index (χ4v) is 2.56. The minimum absolute atomic E-state index is 0.105. The molecule has 0 aliphatic carbocycles. The smallest absolute Gasteiger partial charge is 0.234 e. The molecule has 1 aromatic carbocycles. The zero-order valence-corrected chi connectivity index (χ0v) is 15.5. The minimum atomic E-state index is -0.284. The molecule has 1 aliphatic rings. The zero-order valence-electron chi connectivity index (χ0n) is 15.5. The third-order valence-corrected chi connectivity index (χ3v) is 3.62. The highest BCUT2D eigenvalue weighted by atomic mass is 16.7. The molecule has 0 radical (unpaired) electrons. The normalized spacial score (nSPS) is 14.3. The van der Waals surface area contributed by atoms with Crippen molar-refractivity contribution in [2.45, 2.75) is 39.3 Å². The first-order valence-electron chi connectivity index (χ1n) is 8.32. The first kappa shape index (κ1) is 19.1. The molecule has 2 rings (SSSR count). The second kappa shape index (κ2) is 7.74. The van der Waals surface area contributed by atoms with Crippen LogP contribution >= 0.6 is 0 Å². The lowest BCUT2D eigenvalue weighted by atomic mass is 10.1. The molecule has 0 bridgehead atoms. The summed E-state index contributed by atoms with van der Waals surface area (Å²) in [5.74, 6) is 1.16. The van der Waals surface area contributed by atoms with Crippen molar-refractivity contribution >= 4 is 11.8 Å². The van der Waals surface area contributed by atoms with Crippen LogP contribution in [0.1, 0.15) is 39.3 Å². The number of benzene rings is 1. The Kier molecular flexibility index (Phi) is 5.89. The van der Waals surface area contributed by atoms with Gasteiger partial charge in [0.1, 0.15) is 0 Å². The first-order valence-corrected chi connectivity index (χ1v) is 8.32. The summed E-state index contributed by atoms with van der Waals surface area (Å²) >= 11 is 0. The largest absolute Gasteiger partial charge is 0.454 e. The zero-order chi connectivity index (χ0) is 18.6. The third-order valence-electron chi connectivity index (χ3n) is 3.62. The van der Waals surface area contributed by atoms with E-state index in [9.17, 15) is 9.59 Å². The van der Waals surface area contributed by atoms with Crippen molar-refractivity contribution in [1.29, 1.82) is 0 Å². The van der Waals surface area contributed by atoms with Crippen LogP contribution < -0.4 is 20.1 Å². The molecule has 0 unspecified atom stereocenters. The Bertz CT molecular complexity index is 640. The highest BCUT2D eigenvalue weighted by molar-refractivity contribution is 5.81. The second-order valence-electron chi connectivity index (χ2n) is 7.37. The van der Waals surface area contributed by atoms with Gasteiger partial charge < -0.3 is 20.1 Å². The Balaban J connectivity index is 1.82. The molecular weight excluding hydrogens is 322 g/mol. The Morgan fingerprint density at radius 2 is 1.80 bits per heavy atom. The van der Waals surface area contributed by atoms with E-state index in [0.29, 0.717) is 11.5 Å². The number of carbonyl (C=O) groups is 2. The van der Waals surface area contributed by atoms with Crippen molar-refractivity contribution in [2.75, 3.05) is 26.9 Å². The van der Waals surface area contributed by atoms with Gasteiger partial charge in [-0.1, -0.05) is 6.07 Å². The van der Waals surface area contributed by atoms with Crippen LogP contribution in [0.5, 0.6) is 11.5 Å². The van der Waals surface area contributed by atoms with Crippen LogP contribution in [0, 0.1) is 0 Å². The van der Waals surface area contributed by atoms with Crippen LogP contribution in [0.2, 0.25) is 0 Å². The number of carbonyl (C=O) groups excluding carboxylic acids is 2. The van der Waals surface area contributed by atoms with E-state index in [2.05, 4.69) is 10.6 Å². The SMILES string of the molecule is C[C@H](NC(=O)CN(C)CC(=O)NC(C)(C)C)c1ccc2c(c1)OCO2. The number of nitrogens with one attached hydrogen (secondary N) is 2. The summed E-state index contributed by atoms with van der Waals surface area (Å²) in [6.07, 6.45) is 0. The summed E-state index contributed by atoms with van der Waals surface area (Å²) in [4.78, 5) is 25.8. The number of nitrogens with zero attached hydrogens (tertiary/aromatic N) is 1. The molecule has 0 saturated carbocycles. The number of ether oxygens (including phenoxy) is 2. The van der Waals surface area contributed by atoms with Gasteiger partial charge in [-0.25, -0.2) is 0 Å². The fraction of sp³-hybridized carbons (Fsp3) is 0.556. The predicted octanol–water partition coefficient (Wildman–Crippen LogP) is 1.44. The maximum atomic E-state index is 12.2. The quantitative estimate of drug-likeness (QED) is 0.812.